The molecule has 0 saturated carbocycles. The zero-order valence-electron chi connectivity index (χ0n) is 12.2. The number of hydrogen-bond donors (Lipinski definition) is 2. The van der Waals surface area contributed by atoms with E-state index >= 15 is 0 Å². The molecule has 110 valence electrons. The first kappa shape index (κ1) is 15.3. The normalized spacial score (nSPS) is 20.7. The average molecular weight is 340 g/mol. The lowest BCUT2D eigenvalue weighted by Gasteiger charge is -2.37. The van der Waals surface area contributed by atoms with Crippen LogP contribution in [0.15, 0.2) is 22.7 Å². The molecule has 2 atom stereocenters. The SMILES string of the molecule is CCNC(C)c1ccc(Br)cc1N1CCNC(=O)C1C. The third kappa shape index (κ3) is 3.15. The molecule has 0 radical (unpaired) electrons. The van der Waals surface area contributed by atoms with Gasteiger partial charge in [0.1, 0.15) is 6.04 Å². The maximum absolute atomic E-state index is 11.9. The monoisotopic (exact) mass is 339 g/mol. The Hall–Kier alpha value is -1.07. The highest BCUT2D eigenvalue weighted by Gasteiger charge is 2.28. The van der Waals surface area contributed by atoms with E-state index < -0.39 is 0 Å². The predicted octanol–water partition coefficient (Wildman–Crippen LogP) is 2.44. The fraction of sp³-hybridized carbons (Fsp3) is 0.533. The third-order valence-corrected chi connectivity index (χ3v) is 4.27. The van der Waals surface area contributed by atoms with Gasteiger partial charge in [-0.15, -0.1) is 0 Å². The van der Waals surface area contributed by atoms with E-state index in [-0.39, 0.29) is 18.0 Å². The van der Waals surface area contributed by atoms with Crippen LogP contribution in [-0.4, -0.2) is 31.6 Å². The van der Waals surface area contributed by atoms with E-state index in [1.807, 2.05) is 6.92 Å². The molecule has 2 rings (SSSR count). The molecule has 1 amide bonds. The van der Waals surface area contributed by atoms with E-state index in [9.17, 15) is 4.79 Å². The summed E-state index contributed by atoms with van der Waals surface area (Å²) < 4.78 is 1.04. The summed E-state index contributed by atoms with van der Waals surface area (Å²) in [7, 11) is 0. The Morgan fingerprint density at radius 1 is 1.55 bits per heavy atom. The van der Waals surface area contributed by atoms with Gasteiger partial charge in [0.05, 0.1) is 0 Å². The zero-order valence-corrected chi connectivity index (χ0v) is 13.8. The molecule has 1 aliphatic heterocycles. The number of hydrogen-bond acceptors (Lipinski definition) is 3. The van der Waals surface area contributed by atoms with Gasteiger partial charge in [-0.2, -0.15) is 0 Å². The summed E-state index contributed by atoms with van der Waals surface area (Å²) in [5.74, 6) is 0.0956. The second kappa shape index (κ2) is 6.59. The smallest absolute Gasteiger partial charge is 0.242 e. The van der Waals surface area contributed by atoms with Crippen molar-refractivity contribution in [2.45, 2.75) is 32.9 Å². The fourth-order valence-corrected chi connectivity index (χ4v) is 3.01. The first-order valence-corrected chi connectivity index (χ1v) is 7.91. The van der Waals surface area contributed by atoms with Crippen LogP contribution in [0.3, 0.4) is 0 Å². The number of carbonyl (C=O) groups excluding carboxylic acids is 1. The number of carbonyl (C=O) groups is 1. The highest BCUT2D eigenvalue weighted by Crippen LogP contribution is 2.31. The summed E-state index contributed by atoms with van der Waals surface area (Å²) in [6.45, 7) is 8.68. The molecule has 4 nitrogen and oxygen atoms in total. The average Bonchev–Trinajstić information content (AvgIpc) is 2.42. The van der Waals surface area contributed by atoms with Crippen LogP contribution in [0.4, 0.5) is 5.69 Å². The van der Waals surface area contributed by atoms with E-state index in [0.29, 0.717) is 6.54 Å². The first-order chi connectivity index (χ1) is 9.54. The lowest BCUT2D eigenvalue weighted by atomic mass is 10.0. The van der Waals surface area contributed by atoms with Crippen LogP contribution in [0, 0.1) is 0 Å². The molecule has 2 N–H and O–H groups in total. The Morgan fingerprint density at radius 2 is 2.30 bits per heavy atom. The Labute approximate surface area is 129 Å². The lowest BCUT2D eigenvalue weighted by molar-refractivity contribution is -0.122. The number of anilines is 1. The zero-order chi connectivity index (χ0) is 14.7. The fourth-order valence-electron chi connectivity index (χ4n) is 2.66. The van der Waals surface area contributed by atoms with Crippen LogP contribution < -0.4 is 15.5 Å². The number of halogens is 1. The minimum atomic E-state index is -0.134. The summed E-state index contributed by atoms with van der Waals surface area (Å²) in [5, 5.41) is 6.36. The Balaban J connectivity index is 2.38. The minimum Gasteiger partial charge on any atom is -0.358 e. The molecule has 1 aliphatic rings. The van der Waals surface area contributed by atoms with Crippen molar-refractivity contribution in [3.05, 3.63) is 28.2 Å². The van der Waals surface area contributed by atoms with Gasteiger partial charge in [-0.3, -0.25) is 4.79 Å². The maximum Gasteiger partial charge on any atom is 0.242 e. The van der Waals surface area contributed by atoms with Crippen LogP contribution in [-0.2, 0) is 4.79 Å². The van der Waals surface area contributed by atoms with Crippen LogP contribution in [0.2, 0.25) is 0 Å². The topological polar surface area (TPSA) is 44.4 Å². The summed E-state index contributed by atoms with van der Waals surface area (Å²) >= 11 is 3.54. The molecule has 0 aromatic heterocycles. The molecular formula is C15H22BrN3O. The summed E-state index contributed by atoms with van der Waals surface area (Å²) in [6.07, 6.45) is 0. The molecule has 2 unspecified atom stereocenters. The van der Waals surface area contributed by atoms with E-state index in [0.717, 1.165) is 23.2 Å². The van der Waals surface area contributed by atoms with Gasteiger partial charge in [-0.25, -0.2) is 0 Å². The summed E-state index contributed by atoms with van der Waals surface area (Å²) in [4.78, 5) is 14.1. The van der Waals surface area contributed by atoms with Gasteiger partial charge in [0, 0.05) is 29.3 Å². The molecule has 1 heterocycles. The van der Waals surface area contributed by atoms with Gasteiger partial charge in [0.15, 0.2) is 0 Å². The number of rotatable bonds is 4. The quantitative estimate of drug-likeness (QED) is 0.885. The van der Waals surface area contributed by atoms with Gasteiger partial charge in [0.2, 0.25) is 5.91 Å². The number of nitrogens with zero attached hydrogens (tertiary/aromatic N) is 1. The molecule has 1 saturated heterocycles. The summed E-state index contributed by atoms with van der Waals surface area (Å²) in [5.41, 5.74) is 2.37. The van der Waals surface area contributed by atoms with Gasteiger partial charge in [0.25, 0.3) is 0 Å². The Kier molecular flexibility index (Phi) is 5.05. The minimum absolute atomic E-state index is 0.0956. The number of benzene rings is 1. The molecule has 5 heteroatoms. The van der Waals surface area contributed by atoms with Crippen molar-refractivity contribution in [3.63, 3.8) is 0 Å². The molecule has 1 aromatic carbocycles. The number of piperazine rings is 1. The van der Waals surface area contributed by atoms with E-state index in [4.69, 9.17) is 0 Å². The molecule has 0 bridgehead atoms. The second-order valence-corrected chi connectivity index (χ2v) is 6.06. The Bertz CT molecular complexity index is 492. The third-order valence-electron chi connectivity index (χ3n) is 3.78. The lowest BCUT2D eigenvalue weighted by Crippen LogP contribution is -2.54. The molecule has 1 aromatic rings. The van der Waals surface area contributed by atoms with Crippen LogP contribution in [0.5, 0.6) is 0 Å². The number of amides is 1. The predicted molar refractivity (Wildman–Crippen MR) is 86.1 cm³/mol. The van der Waals surface area contributed by atoms with E-state index in [1.165, 1.54) is 5.56 Å². The van der Waals surface area contributed by atoms with Gasteiger partial charge in [-0.1, -0.05) is 28.9 Å². The standard InChI is InChI=1S/C15H22BrN3O/c1-4-17-10(2)13-6-5-12(16)9-14(13)19-8-7-18-15(20)11(19)3/h5-6,9-11,17H,4,7-8H2,1-3H3,(H,18,20). The first-order valence-electron chi connectivity index (χ1n) is 7.11. The van der Waals surface area contributed by atoms with Crippen molar-refractivity contribution in [1.29, 1.82) is 0 Å². The van der Waals surface area contributed by atoms with Gasteiger partial charge in [-0.05, 0) is 38.1 Å². The number of nitrogens with one attached hydrogen (secondary N) is 2. The maximum atomic E-state index is 11.9. The highest BCUT2D eigenvalue weighted by atomic mass is 79.9. The van der Waals surface area contributed by atoms with Crippen molar-refractivity contribution < 1.29 is 4.79 Å². The van der Waals surface area contributed by atoms with Crippen molar-refractivity contribution in [2.24, 2.45) is 0 Å². The van der Waals surface area contributed by atoms with Crippen molar-refractivity contribution >= 4 is 27.5 Å². The van der Waals surface area contributed by atoms with Crippen molar-refractivity contribution in [3.8, 4) is 0 Å². The van der Waals surface area contributed by atoms with Crippen LogP contribution >= 0.6 is 15.9 Å². The molecule has 0 spiro atoms. The molecular weight excluding hydrogens is 318 g/mol. The largest absolute Gasteiger partial charge is 0.358 e. The van der Waals surface area contributed by atoms with Gasteiger partial charge >= 0.3 is 0 Å². The molecule has 20 heavy (non-hydrogen) atoms. The van der Waals surface area contributed by atoms with E-state index in [2.05, 4.69) is 63.5 Å². The molecule has 1 fully saturated rings. The van der Waals surface area contributed by atoms with Crippen LogP contribution in [0.25, 0.3) is 0 Å². The second-order valence-electron chi connectivity index (χ2n) is 5.14. The van der Waals surface area contributed by atoms with Gasteiger partial charge < -0.3 is 15.5 Å². The van der Waals surface area contributed by atoms with Crippen molar-refractivity contribution in [1.82, 2.24) is 10.6 Å². The van der Waals surface area contributed by atoms with E-state index in [1.54, 1.807) is 0 Å². The molecule has 0 aliphatic carbocycles. The van der Waals surface area contributed by atoms with Crippen LogP contribution in [0.1, 0.15) is 32.4 Å². The highest BCUT2D eigenvalue weighted by molar-refractivity contribution is 9.10. The Morgan fingerprint density at radius 3 is 3.00 bits per heavy atom. The summed E-state index contributed by atoms with van der Waals surface area (Å²) in [6, 6.07) is 6.43. The van der Waals surface area contributed by atoms with Crippen molar-refractivity contribution in [2.75, 3.05) is 24.5 Å².